The van der Waals surface area contributed by atoms with E-state index in [1.165, 1.54) is 80.7 Å². The van der Waals surface area contributed by atoms with Gasteiger partial charge in [0.05, 0.1) is 22.9 Å². The average Bonchev–Trinajstić information content (AvgIpc) is 3.79. The van der Waals surface area contributed by atoms with Gasteiger partial charge in [0.1, 0.15) is 0 Å². The quantitative estimate of drug-likeness (QED) is 0.170. The summed E-state index contributed by atoms with van der Waals surface area (Å²) in [6.45, 7) is 2.03. The first-order chi connectivity index (χ1) is 27.6. The first-order valence-corrected chi connectivity index (χ1v) is 19.8. The van der Waals surface area contributed by atoms with Crippen molar-refractivity contribution in [3.05, 3.63) is 200 Å². The number of anilines is 3. The van der Waals surface area contributed by atoms with E-state index in [0.717, 1.165) is 22.8 Å². The first kappa shape index (κ1) is 32.4. The summed E-state index contributed by atoms with van der Waals surface area (Å²) >= 11 is 1.86. The number of aromatic nitrogens is 2. The molecule has 0 atom stereocenters. The van der Waals surface area contributed by atoms with Gasteiger partial charge in [0.25, 0.3) is 0 Å². The molecule has 4 heteroatoms. The van der Waals surface area contributed by atoms with Gasteiger partial charge in [-0.2, -0.15) is 0 Å². The van der Waals surface area contributed by atoms with E-state index < -0.39 is 0 Å². The van der Waals surface area contributed by atoms with Crippen LogP contribution in [0.3, 0.4) is 0 Å². The first-order valence-electron chi connectivity index (χ1n) is 19.0. The molecule has 0 amide bonds. The summed E-state index contributed by atoms with van der Waals surface area (Å²) in [6.07, 6.45) is 1.96. The Morgan fingerprint density at radius 2 is 1.04 bits per heavy atom. The van der Waals surface area contributed by atoms with Gasteiger partial charge in [-0.3, -0.25) is 4.98 Å². The third-order valence-corrected chi connectivity index (χ3v) is 12.2. The van der Waals surface area contributed by atoms with Gasteiger partial charge < -0.3 is 9.47 Å². The number of fused-ring (bicyclic) bond motifs is 7. The van der Waals surface area contributed by atoms with Crippen LogP contribution in [-0.2, 0) is 0 Å². The molecule has 8 aromatic carbocycles. The summed E-state index contributed by atoms with van der Waals surface area (Å²) in [5.74, 6) is 0. The van der Waals surface area contributed by atoms with Gasteiger partial charge >= 0.3 is 0 Å². The highest BCUT2D eigenvalue weighted by molar-refractivity contribution is 7.25. The Morgan fingerprint density at radius 1 is 0.429 bits per heavy atom. The van der Waals surface area contributed by atoms with Crippen molar-refractivity contribution < 1.29 is 0 Å². The smallest absolute Gasteiger partial charge is 0.0645 e. The van der Waals surface area contributed by atoms with E-state index in [4.69, 9.17) is 0 Å². The van der Waals surface area contributed by atoms with Gasteiger partial charge in [-0.1, -0.05) is 103 Å². The van der Waals surface area contributed by atoms with Gasteiger partial charge in [-0.25, -0.2) is 0 Å². The number of nitrogens with zero attached hydrogens (tertiary/aromatic N) is 3. The molecule has 11 aromatic rings. The molecule has 0 spiro atoms. The van der Waals surface area contributed by atoms with E-state index in [9.17, 15) is 0 Å². The highest BCUT2D eigenvalue weighted by Crippen LogP contribution is 2.41. The number of aryl methyl sites for hydroxylation is 1. The molecule has 0 N–H and O–H groups in total. The fourth-order valence-corrected chi connectivity index (χ4v) is 9.38. The van der Waals surface area contributed by atoms with E-state index in [0.29, 0.717) is 0 Å². The molecule has 3 heterocycles. The van der Waals surface area contributed by atoms with Crippen molar-refractivity contribution in [3.63, 3.8) is 0 Å². The molecule has 3 aromatic heterocycles. The van der Waals surface area contributed by atoms with E-state index >= 15 is 0 Å². The molecule has 0 saturated heterocycles. The zero-order valence-electron chi connectivity index (χ0n) is 30.7. The zero-order chi connectivity index (χ0) is 37.2. The molecule has 0 saturated carbocycles. The van der Waals surface area contributed by atoms with Crippen LogP contribution in [0.4, 0.5) is 17.1 Å². The van der Waals surface area contributed by atoms with Crippen molar-refractivity contribution >= 4 is 81.1 Å². The van der Waals surface area contributed by atoms with E-state index in [1.807, 2.05) is 24.5 Å². The molecule has 0 unspecified atom stereocenters. The van der Waals surface area contributed by atoms with Gasteiger partial charge in [0.15, 0.2) is 0 Å². The second-order valence-electron chi connectivity index (χ2n) is 14.5. The fourth-order valence-electron chi connectivity index (χ4n) is 8.29. The molecule has 0 aliphatic carbocycles. The zero-order valence-corrected chi connectivity index (χ0v) is 31.5. The standard InChI is InChI=1S/C52H35N3S/c1-34-15-21-44(33-53-34)54(41-22-16-36(17-23-41)35-9-3-2-4-10-35)42-24-18-37(19-25-42)40-20-27-49-46(30-40)47-29-38-11-5-6-12-39(38)31-50(47)55(49)43-26-28-52-48(32-43)45-13-7-8-14-51(45)56-52/h2-33H,1H3. The lowest BCUT2D eigenvalue weighted by atomic mass is 10.0. The highest BCUT2D eigenvalue weighted by atomic mass is 32.1. The van der Waals surface area contributed by atoms with Crippen molar-refractivity contribution in [1.29, 1.82) is 0 Å². The van der Waals surface area contributed by atoms with Gasteiger partial charge in [0, 0.05) is 53.7 Å². The molecule has 0 bridgehead atoms. The Balaban J connectivity index is 1.02. The summed E-state index contributed by atoms with van der Waals surface area (Å²) in [7, 11) is 0. The predicted molar refractivity (Wildman–Crippen MR) is 239 cm³/mol. The average molecular weight is 734 g/mol. The van der Waals surface area contributed by atoms with Crippen LogP contribution in [0.5, 0.6) is 0 Å². The minimum atomic E-state index is 0.994. The van der Waals surface area contributed by atoms with Gasteiger partial charge in [-0.15, -0.1) is 11.3 Å². The summed E-state index contributed by atoms with van der Waals surface area (Å²) in [4.78, 5) is 6.94. The largest absolute Gasteiger partial charge is 0.309 e. The van der Waals surface area contributed by atoms with Crippen molar-refractivity contribution in [2.45, 2.75) is 6.92 Å². The van der Waals surface area contributed by atoms with Crippen LogP contribution in [0.2, 0.25) is 0 Å². The second kappa shape index (κ2) is 13.1. The normalized spacial score (nSPS) is 11.7. The van der Waals surface area contributed by atoms with Crippen LogP contribution in [-0.4, -0.2) is 9.55 Å². The predicted octanol–water partition coefficient (Wildman–Crippen LogP) is 14.8. The number of thiophene rings is 1. The highest BCUT2D eigenvalue weighted by Gasteiger charge is 2.17. The number of benzene rings is 8. The van der Waals surface area contributed by atoms with Crippen LogP contribution in [0.15, 0.2) is 194 Å². The maximum atomic E-state index is 4.66. The Hall–Kier alpha value is -7.01. The van der Waals surface area contributed by atoms with Crippen LogP contribution < -0.4 is 4.90 Å². The molecular weight excluding hydrogens is 699 g/mol. The summed E-state index contributed by atoms with van der Waals surface area (Å²) in [5, 5.41) is 7.60. The van der Waals surface area contributed by atoms with E-state index in [-0.39, 0.29) is 0 Å². The third-order valence-electron chi connectivity index (χ3n) is 11.1. The molecule has 0 radical (unpaired) electrons. The maximum absolute atomic E-state index is 4.66. The lowest BCUT2D eigenvalue weighted by Gasteiger charge is -2.25. The van der Waals surface area contributed by atoms with Gasteiger partial charge in [0.2, 0.25) is 0 Å². The molecular formula is C52H35N3S. The summed E-state index contributed by atoms with van der Waals surface area (Å²) in [6, 6.07) is 68.5. The molecule has 0 aliphatic rings. The molecule has 11 rings (SSSR count). The van der Waals surface area contributed by atoms with Crippen LogP contribution in [0.25, 0.3) is 80.7 Å². The molecule has 264 valence electrons. The van der Waals surface area contributed by atoms with E-state index in [1.54, 1.807) is 0 Å². The Morgan fingerprint density at radius 3 is 1.79 bits per heavy atom. The summed E-state index contributed by atoms with van der Waals surface area (Å²) in [5.41, 5.74) is 12.5. The summed E-state index contributed by atoms with van der Waals surface area (Å²) < 4.78 is 5.09. The molecule has 0 aliphatic heterocycles. The van der Waals surface area contributed by atoms with Crippen LogP contribution in [0.1, 0.15) is 5.69 Å². The van der Waals surface area contributed by atoms with Crippen LogP contribution in [0, 0.1) is 6.92 Å². The van der Waals surface area contributed by atoms with Crippen molar-refractivity contribution in [1.82, 2.24) is 9.55 Å². The number of pyridine rings is 1. The molecule has 0 fully saturated rings. The lowest BCUT2D eigenvalue weighted by Crippen LogP contribution is -2.10. The number of hydrogen-bond donors (Lipinski definition) is 0. The Bertz CT molecular complexity index is 3230. The van der Waals surface area contributed by atoms with Crippen molar-refractivity contribution in [3.8, 4) is 27.9 Å². The van der Waals surface area contributed by atoms with Crippen molar-refractivity contribution in [2.24, 2.45) is 0 Å². The lowest BCUT2D eigenvalue weighted by molar-refractivity contribution is 1.17. The number of hydrogen-bond acceptors (Lipinski definition) is 3. The minimum Gasteiger partial charge on any atom is -0.309 e. The monoisotopic (exact) mass is 733 g/mol. The maximum Gasteiger partial charge on any atom is 0.0645 e. The second-order valence-corrected chi connectivity index (χ2v) is 15.6. The van der Waals surface area contributed by atoms with E-state index in [2.05, 4.69) is 203 Å². The minimum absolute atomic E-state index is 0.994. The fraction of sp³-hybridized carbons (Fsp3) is 0.0192. The van der Waals surface area contributed by atoms with Crippen LogP contribution >= 0.6 is 11.3 Å². The van der Waals surface area contributed by atoms with Crippen molar-refractivity contribution in [2.75, 3.05) is 4.90 Å². The Kier molecular flexibility index (Phi) is 7.58. The third kappa shape index (κ3) is 5.45. The molecule has 3 nitrogen and oxygen atoms in total. The SMILES string of the molecule is Cc1ccc(N(c2ccc(-c3ccccc3)cc2)c2ccc(-c3ccc4c(c3)c3cc5ccccc5cc3n4-c3ccc4sc5ccccc5c4c3)cc2)cn1. The topological polar surface area (TPSA) is 21.1 Å². The molecule has 56 heavy (non-hydrogen) atoms. The van der Waals surface area contributed by atoms with Gasteiger partial charge in [-0.05, 0) is 125 Å². The number of rotatable bonds is 6. The Labute approximate surface area is 329 Å².